The summed E-state index contributed by atoms with van der Waals surface area (Å²) in [6.07, 6.45) is 0.960. The van der Waals surface area contributed by atoms with Crippen molar-refractivity contribution in [2.24, 2.45) is 0 Å². The second-order valence-corrected chi connectivity index (χ2v) is 5.48. The van der Waals surface area contributed by atoms with Crippen LogP contribution < -0.4 is 4.74 Å². The van der Waals surface area contributed by atoms with E-state index in [0.717, 1.165) is 29.0 Å². The molecular weight excluding hydrogens is 276 g/mol. The molecule has 0 spiro atoms. The van der Waals surface area contributed by atoms with E-state index in [9.17, 15) is 0 Å². The fourth-order valence-corrected chi connectivity index (χ4v) is 2.61. The van der Waals surface area contributed by atoms with Crippen molar-refractivity contribution in [3.8, 4) is 5.75 Å². The first kappa shape index (κ1) is 15.1. The predicted octanol–water partition coefficient (Wildman–Crippen LogP) is 3.94. The Balaban J connectivity index is 2.62. The Labute approximate surface area is 124 Å². The molecule has 4 nitrogen and oxygen atoms in total. The van der Waals surface area contributed by atoms with Crippen LogP contribution >= 0.6 is 11.6 Å². The van der Waals surface area contributed by atoms with Gasteiger partial charge in [-0.3, -0.25) is 0 Å². The molecule has 2 atom stereocenters. The first-order valence-corrected chi connectivity index (χ1v) is 7.24. The number of methoxy groups -OCH3 is 2. The number of hydrogen-bond acceptors (Lipinski definition) is 3. The zero-order chi connectivity index (χ0) is 14.7. The maximum absolute atomic E-state index is 6.30. The van der Waals surface area contributed by atoms with Gasteiger partial charge in [0.05, 0.1) is 36.2 Å². The molecule has 0 aliphatic heterocycles. The summed E-state index contributed by atoms with van der Waals surface area (Å²) in [6, 6.07) is 6.15. The highest BCUT2D eigenvalue weighted by Gasteiger charge is 2.21. The van der Waals surface area contributed by atoms with Gasteiger partial charge in [0.2, 0.25) is 0 Å². The molecule has 110 valence electrons. The Kier molecular flexibility index (Phi) is 4.89. The number of benzene rings is 1. The number of alkyl halides is 1. The van der Waals surface area contributed by atoms with Crippen molar-refractivity contribution in [1.82, 2.24) is 9.55 Å². The Hall–Kier alpha value is -1.26. The molecule has 20 heavy (non-hydrogen) atoms. The third-order valence-corrected chi connectivity index (χ3v) is 3.67. The minimum atomic E-state index is -0.153. The van der Waals surface area contributed by atoms with Crippen molar-refractivity contribution in [2.75, 3.05) is 20.8 Å². The number of ether oxygens (including phenoxy) is 2. The van der Waals surface area contributed by atoms with E-state index in [0.29, 0.717) is 6.61 Å². The monoisotopic (exact) mass is 296 g/mol. The maximum Gasteiger partial charge on any atom is 0.128 e. The average Bonchev–Trinajstić information content (AvgIpc) is 2.83. The van der Waals surface area contributed by atoms with E-state index in [1.165, 1.54) is 0 Å². The fourth-order valence-electron chi connectivity index (χ4n) is 2.46. The van der Waals surface area contributed by atoms with Crippen LogP contribution in [-0.4, -0.2) is 30.4 Å². The largest absolute Gasteiger partial charge is 0.497 e. The van der Waals surface area contributed by atoms with Crippen molar-refractivity contribution in [3.05, 3.63) is 24.0 Å². The lowest BCUT2D eigenvalue weighted by molar-refractivity contribution is 0.153. The number of rotatable bonds is 6. The Morgan fingerprint density at radius 3 is 2.65 bits per heavy atom. The molecule has 1 heterocycles. The molecule has 0 radical (unpaired) electrons. The number of nitrogens with zero attached hydrogens (tertiary/aromatic N) is 2. The number of hydrogen-bond donors (Lipinski definition) is 0. The van der Waals surface area contributed by atoms with Crippen LogP contribution in [0.2, 0.25) is 0 Å². The number of imidazole rings is 1. The third kappa shape index (κ3) is 2.76. The minimum Gasteiger partial charge on any atom is -0.497 e. The zero-order valence-electron chi connectivity index (χ0n) is 12.4. The molecule has 1 aromatic heterocycles. The topological polar surface area (TPSA) is 36.3 Å². The van der Waals surface area contributed by atoms with Crippen LogP contribution in [0.25, 0.3) is 11.0 Å². The van der Waals surface area contributed by atoms with Crippen LogP contribution in [0, 0.1) is 0 Å². The molecular formula is C15H21ClN2O2. The van der Waals surface area contributed by atoms with Gasteiger partial charge in [-0.05, 0) is 25.5 Å². The molecule has 2 aromatic rings. The van der Waals surface area contributed by atoms with Crippen LogP contribution in [0.5, 0.6) is 5.75 Å². The number of halogens is 1. The van der Waals surface area contributed by atoms with Crippen molar-refractivity contribution in [2.45, 2.75) is 31.7 Å². The molecule has 2 unspecified atom stereocenters. The first-order chi connectivity index (χ1) is 9.62. The van der Waals surface area contributed by atoms with Crippen LogP contribution in [-0.2, 0) is 4.74 Å². The summed E-state index contributed by atoms with van der Waals surface area (Å²) in [7, 11) is 3.37. The fraction of sp³-hybridized carbons (Fsp3) is 0.533. The smallest absolute Gasteiger partial charge is 0.128 e. The second-order valence-electron chi connectivity index (χ2n) is 4.83. The van der Waals surface area contributed by atoms with Crippen LogP contribution in [0.4, 0.5) is 0 Å². The highest BCUT2D eigenvalue weighted by molar-refractivity contribution is 6.20. The van der Waals surface area contributed by atoms with E-state index in [4.69, 9.17) is 21.1 Å². The average molecular weight is 297 g/mol. The van der Waals surface area contributed by atoms with Gasteiger partial charge in [-0.15, -0.1) is 11.6 Å². The molecule has 0 fully saturated rings. The lowest BCUT2D eigenvalue weighted by Gasteiger charge is -2.20. The van der Waals surface area contributed by atoms with Crippen LogP contribution in [0.1, 0.15) is 37.5 Å². The summed E-state index contributed by atoms with van der Waals surface area (Å²) in [6.45, 7) is 4.72. The molecule has 0 saturated carbocycles. The lowest BCUT2D eigenvalue weighted by atomic mass is 10.2. The summed E-state index contributed by atoms with van der Waals surface area (Å²) in [5.74, 6) is 1.68. The summed E-state index contributed by atoms with van der Waals surface area (Å²) in [4.78, 5) is 4.67. The Morgan fingerprint density at radius 2 is 2.10 bits per heavy atom. The van der Waals surface area contributed by atoms with Gasteiger partial charge >= 0.3 is 0 Å². The Bertz CT molecular complexity index is 581. The molecule has 0 bridgehead atoms. The lowest BCUT2D eigenvalue weighted by Crippen LogP contribution is -2.16. The van der Waals surface area contributed by atoms with Gasteiger partial charge in [0.25, 0.3) is 0 Å². The Morgan fingerprint density at radius 1 is 1.35 bits per heavy atom. The van der Waals surface area contributed by atoms with E-state index in [1.54, 1.807) is 14.2 Å². The molecule has 2 rings (SSSR count). The van der Waals surface area contributed by atoms with Crippen molar-refractivity contribution < 1.29 is 9.47 Å². The molecule has 0 aliphatic carbocycles. The second kappa shape index (κ2) is 6.46. The highest BCUT2D eigenvalue weighted by Crippen LogP contribution is 2.31. The quantitative estimate of drug-likeness (QED) is 0.758. The van der Waals surface area contributed by atoms with E-state index >= 15 is 0 Å². The van der Waals surface area contributed by atoms with E-state index in [2.05, 4.69) is 16.5 Å². The van der Waals surface area contributed by atoms with E-state index < -0.39 is 0 Å². The zero-order valence-corrected chi connectivity index (χ0v) is 13.1. The van der Waals surface area contributed by atoms with Gasteiger partial charge in [-0.2, -0.15) is 0 Å². The molecule has 1 aromatic carbocycles. The molecule has 0 saturated heterocycles. The van der Waals surface area contributed by atoms with Gasteiger partial charge in [0, 0.05) is 13.2 Å². The number of aromatic nitrogens is 2. The normalized spacial score (nSPS) is 14.4. The molecule has 0 aliphatic rings. The van der Waals surface area contributed by atoms with Gasteiger partial charge in [-0.25, -0.2) is 4.98 Å². The summed E-state index contributed by atoms with van der Waals surface area (Å²) < 4.78 is 12.8. The van der Waals surface area contributed by atoms with Gasteiger partial charge in [0.1, 0.15) is 11.6 Å². The number of fused-ring (bicyclic) bond motifs is 1. The maximum atomic E-state index is 6.30. The highest BCUT2D eigenvalue weighted by atomic mass is 35.5. The molecule has 0 N–H and O–H groups in total. The van der Waals surface area contributed by atoms with E-state index in [1.807, 2.05) is 25.1 Å². The SMILES string of the molecule is CCC(COC)n1c(C(C)Cl)nc2cc(OC)ccc21. The summed E-state index contributed by atoms with van der Waals surface area (Å²) in [5.41, 5.74) is 1.97. The summed E-state index contributed by atoms with van der Waals surface area (Å²) in [5, 5.41) is -0.153. The third-order valence-electron chi connectivity index (χ3n) is 3.48. The minimum absolute atomic E-state index is 0.153. The molecule has 0 amide bonds. The standard InChI is InChI=1S/C15H21ClN2O2/c1-5-11(9-19-3)18-14-7-6-12(20-4)8-13(14)17-15(18)10(2)16/h6-8,10-11H,5,9H2,1-4H3. The summed E-state index contributed by atoms with van der Waals surface area (Å²) >= 11 is 6.30. The van der Waals surface area contributed by atoms with Gasteiger partial charge in [0.15, 0.2) is 0 Å². The predicted molar refractivity (Wildman–Crippen MR) is 81.8 cm³/mol. The van der Waals surface area contributed by atoms with Gasteiger partial charge in [-0.1, -0.05) is 6.92 Å². The van der Waals surface area contributed by atoms with Crippen molar-refractivity contribution >= 4 is 22.6 Å². The first-order valence-electron chi connectivity index (χ1n) is 6.81. The van der Waals surface area contributed by atoms with Crippen LogP contribution in [0.3, 0.4) is 0 Å². The van der Waals surface area contributed by atoms with Gasteiger partial charge < -0.3 is 14.0 Å². The van der Waals surface area contributed by atoms with Crippen LogP contribution in [0.15, 0.2) is 18.2 Å². The van der Waals surface area contributed by atoms with E-state index in [-0.39, 0.29) is 11.4 Å². The van der Waals surface area contributed by atoms with Crippen molar-refractivity contribution in [3.63, 3.8) is 0 Å². The molecule has 5 heteroatoms. The van der Waals surface area contributed by atoms with Crippen molar-refractivity contribution in [1.29, 1.82) is 0 Å².